The molecule has 0 aliphatic carbocycles. The summed E-state index contributed by atoms with van der Waals surface area (Å²) in [4.78, 5) is 5.84. The van der Waals surface area contributed by atoms with Gasteiger partial charge in [-0.1, -0.05) is 6.92 Å². The molecule has 1 aliphatic rings. The summed E-state index contributed by atoms with van der Waals surface area (Å²) in [6.45, 7) is 5.94. The first-order valence-corrected chi connectivity index (χ1v) is 12.1. The molecule has 0 spiro atoms. The molecule has 1 fully saturated rings. The minimum Gasteiger partial charge on any atom is -0.376 e. The van der Waals surface area contributed by atoms with Gasteiger partial charge in [0.05, 0.1) is 12.6 Å². The minimum absolute atomic E-state index is 0.197. The van der Waals surface area contributed by atoms with E-state index in [1.165, 1.54) is 18.6 Å². The van der Waals surface area contributed by atoms with Crippen molar-refractivity contribution < 1.29 is 9.13 Å². The fourth-order valence-electron chi connectivity index (χ4n) is 3.35. The topological polar surface area (TPSA) is 76.4 Å². The summed E-state index contributed by atoms with van der Waals surface area (Å²) in [5, 5.41) is 15.0. The van der Waals surface area contributed by atoms with Crippen LogP contribution in [-0.4, -0.2) is 58.8 Å². The predicted octanol–water partition coefficient (Wildman–Crippen LogP) is 3.27. The van der Waals surface area contributed by atoms with E-state index in [-0.39, 0.29) is 11.9 Å². The van der Waals surface area contributed by atoms with Crippen molar-refractivity contribution in [3.05, 3.63) is 42.2 Å². The molecule has 3 rings (SSSR count). The maximum atomic E-state index is 13.0. The number of aromatic nitrogens is 3. The number of nitrogens with zero attached hydrogens (tertiary/aromatic N) is 4. The molecule has 170 valence electrons. The number of benzene rings is 1. The van der Waals surface area contributed by atoms with E-state index >= 15 is 0 Å². The molecular formula is C22H33FN6OS. The fraction of sp³-hybridized carbons (Fsp3) is 0.591. The van der Waals surface area contributed by atoms with Crippen molar-refractivity contribution in [3.63, 3.8) is 0 Å². The zero-order chi connectivity index (χ0) is 21.7. The fourth-order valence-corrected chi connectivity index (χ4v) is 4.21. The Balaban J connectivity index is 1.43. The van der Waals surface area contributed by atoms with Gasteiger partial charge < -0.3 is 19.9 Å². The smallest absolute Gasteiger partial charge is 0.191 e. The number of guanidine groups is 1. The van der Waals surface area contributed by atoms with Crippen molar-refractivity contribution in [1.82, 2.24) is 25.4 Å². The first kappa shape index (κ1) is 23.5. The number of aliphatic imine (C=N–C) groups is 1. The lowest BCUT2D eigenvalue weighted by atomic mass is 10.1. The third-order valence-corrected chi connectivity index (χ3v) is 6.18. The molecule has 1 aromatic heterocycles. The molecule has 1 unspecified atom stereocenters. The third kappa shape index (κ3) is 8.49. The van der Waals surface area contributed by atoms with Gasteiger partial charge in [-0.05, 0) is 55.7 Å². The highest BCUT2D eigenvalue weighted by atomic mass is 32.2. The Hall–Kier alpha value is -2.13. The summed E-state index contributed by atoms with van der Waals surface area (Å²) in [7, 11) is 0. The van der Waals surface area contributed by atoms with Crippen LogP contribution in [0.3, 0.4) is 0 Å². The number of hydrogen-bond donors (Lipinski definition) is 2. The molecule has 1 saturated heterocycles. The van der Waals surface area contributed by atoms with Gasteiger partial charge in [-0.2, -0.15) is 0 Å². The highest BCUT2D eigenvalue weighted by molar-refractivity contribution is 7.99. The van der Waals surface area contributed by atoms with Gasteiger partial charge in [0.1, 0.15) is 18.0 Å². The second-order valence-corrected chi connectivity index (χ2v) is 8.65. The van der Waals surface area contributed by atoms with Crippen molar-refractivity contribution in [2.75, 3.05) is 32.0 Å². The maximum absolute atomic E-state index is 13.0. The second kappa shape index (κ2) is 13.3. The predicted molar refractivity (Wildman–Crippen MR) is 123 cm³/mol. The molecule has 2 N–H and O–H groups in total. The molecule has 0 radical (unpaired) electrons. The summed E-state index contributed by atoms with van der Waals surface area (Å²) in [5.74, 6) is 2.56. The highest BCUT2D eigenvalue weighted by Gasteiger charge is 2.13. The third-order valence-electron chi connectivity index (χ3n) is 5.08. The van der Waals surface area contributed by atoms with Crippen LogP contribution in [0.2, 0.25) is 0 Å². The molecule has 9 heteroatoms. The average Bonchev–Trinajstić information content (AvgIpc) is 3.26. The maximum Gasteiger partial charge on any atom is 0.191 e. The number of aryl methyl sites for hydroxylation is 1. The first-order valence-electron chi connectivity index (χ1n) is 11.1. The zero-order valence-corrected chi connectivity index (χ0v) is 19.0. The summed E-state index contributed by atoms with van der Waals surface area (Å²) in [6.07, 6.45) is 7.26. The Morgan fingerprint density at radius 2 is 2.10 bits per heavy atom. The van der Waals surface area contributed by atoms with Crippen LogP contribution in [0.15, 0.2) is 40.5 Å². The molecule has 0 bridgehead atoms. The number of halogens is 1. The van der Waals surface area contributed by atoms with E-state index in [1.54, 1.807) is 18.1 Å². The Labute approximate surface area is 188 Å². The summed E-state index contributed by atoms with van der Waals surface area (Å²) >= 11 is 1.73. The lowest BCUT2D eigenvalue weighted by Gasteiger charge is -2.21. The number of nitrogens with one attached hydrogen (secondary N) is 2. The number of hydrogen-bond acceptors (Lipinski definition) is 5. The van der Waals surface area contributed by atoms with Crippen LogP contribution in [0, 0.1) is 5.82 Å². The second-order valence-electron chi connectivity index (χ2n) is 7.48. The number of rotatable bonds is 11. The molecule has 2 aromatic rings. The van der Waals surface area contributed by atoms with E-state index in [0.29, 0.717) is 6.54 Å². The SMILES string of the molecule is CCc1nncn1CCNC(=NCC1CCCCO1)NCCCSc1ccc(F)cc1. The van der Waals surface area contributed by atoms with Crippen LogP contribution >= 0.6 is 11.8 Å². The van der Waals surface area contributed by atoms with Gasteiger partial charge in [-0.3, -0.25) is 4.99 Å². The summed E-state index contributed by atoms with van der Waals surface area (Å²) in [5.41, 5.74) is 0. The van der Waals surface area contributed by atoms with Crippen molar-refractivity contribution >= 4 is 17.7 Å². The van der Waals surface area contributed by atoms with Crippen LogP contribution in [-0.2, 0) is 17.7 Å². The lowest BCUT2D eigenvalue weighted by molar-refractivity contribution is 0.0224. The van der Waals surface area contributed by atoms with E-state index in [1.807, 2.05) is 12.1 Å². The van der Waals surface area contributed by atoms with Crippen molar-refractivity contribution in [1.29, 1.82) is 0 Å². The molecule has 1 aromatic carbocycles. The molecule has 2 heterocycles. The van der Waals surface area contributed by atoms with E-state index in [9.17, 15) is 4.39 Å². The van der Waals surface area contributed by atoms with Crippen LogP contribution in [0.1, 0.15) is 38.4 Å². The van der Waals surface area contributed by atoms with Crippen LogP contribution < -0.4 is 10.6 Å². The lowest BCUT2D eigenvalue weighted by Crippen LogP contribution is -2.40. The van der Waals surface area contributed by atoms with Crippen molar-refractivity contribution in [2.24, 2.45) is 4.99 Å². The standard InChI is InChI=1S/C22H33FN6OS/c1-2-21-28-27-17-29(21)13-12-25-22(26-16-19-6-3-4-14-30-19)24-11-5-15-31-20-9-7-18(23)8-10-20/h7-10,17,19H,2-6,11-16H2,1H3,(H2,24,25,26). The van der Waals surface area contributed by atoms with Crippen LogP contribution in [0.4, 0.5) is 4.39 Å². The van der Waals surface area contributed by atoms with Crippen LogP contribution in [0.5, 0.6) is 0 Å². The van der Waals surface area contributed by atoms with Gasteiger partial charge in [-0.25, -0.2) is 4.39 Å². The Kier molecular flexibility index (Phi) is 10.1. The minimum atomic E-state index is -0.197. The molecule has 0 saturated carbocycles. The van der Waals surface area contributed by atoms with Gasteiger partial charge >= 0.3 is 0 Å². The molecular weight excluding hydrogens is 415 g/mol. The number of thioether (sulfide) groups is 1. The first-order chi connectivity index (χ1) is 15.2. The van der Waals surface area contributed by atoms with Gasteiger partial charge in [0.25, 0.3) is 0 Å². The van der Waals surface area contributed by atoms with E-state index in [4.69, 9.17) is 9.73 Å². The molecule has 7 nitrogen and oxygen atoms in total. The van der Waals surface area contributed by atoms with Gasteiger partial charge in [0, 0.05) is 37.6 Å². The van der Waals surface area contributed by atoms with Gasteiger partial charge in [0.2, 0.25) is 0 Å². The molecule has 1 atom stereocenters. The van der Waals surface area contributed by atoms with E-state index in [2.05, 4.69) is 32.3 Å². The summed E-state index contributed by atoms with van der Waals surface area (Å²) in [6, 6.07) is 6.65. The Bertz CT molecular complexity index is 792. The number of ether oxygens (including phenoxy) is 1. The Morgan fingerprint density at radius 3 is 2.87 bits per heavy atom. The largest absolute Gasteiger partial charge is 0.376 e. The van der Waals surface area contributed by atoms with Gasteiger partial charge in [0.15, 0.2) is 5.96 Å². The summed E-state index contributed by atoms with van der Waals surface area (Å²) < 4.78 is 20.9. The molecule has 0 amide bonds. The average molecular weight is 449 g/mol. The Morgan fingerprint density at radius 1 is 1.26 bits per heavy atom. The highest BCUT2D eigenvalue weighted by Crippen LogP contribution is 2.18. The molecule has 31 heavy (non-hydrogen) atoms. The van der Waals surface area contributed by atoms with Crippen LogP contribution in [0.25, 0.3) is 0 Å². The van der Waals surface area contributed by atoms with E-state index in [0.717, 1.165) is 74.4 Å². The zero-order valence-electron chi connectivity index (χ0n) is 18.2. The van der Waals surface area contributed by atoms with Crippen molar-refractivity contribution in [3.8, 4) is 0 Å². The van der Waals surface area contributed by atoms with Gasteiger partial charge in [-0.15, -0.1) is 22.0 Å². The van der Waals surface area contributed by atoms with E-state index < -0.39 is 0 Å². The monoisotopic (exact) mass is 448 g/mol. The normalized spacial score (nSPS) is 17.0. The molecule has 1 aliphatic heterocycles. The quantitative estimate of drug-likeness (QED) is 0.238. The van der Waals surface area contributed by atoms with Crippen molar-refractivity contribution in [2.45, 2.75) is 56.6 Å².